The number of hydrogen-bond donors (Lipinski definition) is 0. The maximum atomic E-state index is 6.89. The summed E-state index contributed by atoms with van der Waals surface area (Å²) in [4.78, 5) is 19.6. The second-order valence-electron chi connectivity index (χ2n) is 24.8. The molecule has 7 heteroatoms. The molecule has 0 saturated carbocycles. The number of aromatic nitrogens is 5. The van der Waals surface area contributed by atoms with Gasteiger partial charge in [-0.1, -0.05) is 182 Å². The van der Waals surface area contributed by atoms with Gasteiger partial charge in [0.25, 0.3) is 0 Å². The van der Waals surface area contributed by atoms with Crippen LogP contribution in [0.3, 0.4) is 0 Å². The van der Waals surface area contributed by atoms with Crippen LogP contribution in [0.15, 0.2) is 144 Å². The molecule has 0 atom stereocenters. The number of nitrogens with zero attached hydrogens (tertiary/aromatic N) is 5. The van der Waals surface area contributed by atoms with E-state index in [4.69, 9.17) is 19.4 Å². The van der Waals surface area contributed by atoms with Crippen LogP contribution < -0.4 is 0 Å². The number of para-hydroxylation sites is 2. The number of fused-ring (bicyclic) bond motifs is 4. The van der Waals surface area contributed by atoms with Crippen molar-refractivity contribution >= 4 is 33.0 Å². The minimum Gasteiger partial charge on any atom is -0.500 e. The van der Waals surface area contributed by atoms with Crippen molar-refractivity contribution in [3.8, 4) is 50.8 Å². The van der Waals surface area contributed by atoms with Gasteiger partial charge in [-0.3, -0.25) is 15.0 Å². The molecule has 0 saturated heterocycles. The largest absolute Gasteiger partial charge is 0.500 e. The Hall–Kier alpha value is -6.53. The van der Waals surface area contributed by atoms with Gasteiger partial charge >= 0.3 is 0 Å². The molecule has 0 amide bonds. The van der Waals surface area contributed by atoms with Crippen molar-refractivity contribution < 1.29 is 24.5 Å². The summed E-state index contributed by atoms with van der Waals surface area (Å²) in [6.07, 6.45) is 3.83. The van der Waals surface area contributed by atoms with Crippen molar-refractivity contribution in [3.05, 3.63) is 185 Å². The second kappa shape index (κ2) is 20.9. The first-order valence-electron chi connectivity index (χ1n) is 26.3. The first kappa shape index (κ1) is 54.7. The van der Waals surface area contributed by atoms with Crippen molar-refractivity contribution in [3.63, 3.8) is 0 Å². The van der Waals surface area contributed by atoms with Crippen molar-refractivity contribution in [1.82, 2.24) is 24.5 Å². The molecule has 1 radical (unpaired) electrons. The van der Waals surface area contributed by atoms with Gasteiger partial charge in [0.05, 0.1) is 28.1 Å². The van der Waals surface area contributed by atoms with Crippen LogP contribution >= 0.6 is 0 Å². The van der Waals surface area contributed by atoms with Gasteiger partial charge in [-0.25, -0.2) is 0 Å². The van der Waals surface area contributed by atoms with Crippen LogP contribution in [-0.2, 0) is 41.8 Å². The fourth-order valence-corrected chi connectivity index (χ4v) is 9.60. The van der Waals surface area contributed by atoms with Gasteiger partial charge < -0.3 is 14.0 Å². The average molecular weight is 1170 g/mol. The number of benzene rings is 5. The molecule has 387 valence electrons. The summed E-state index contributed by atoms with van der Waals surface area (Å²) in [6.45, 7) is 35.9. The Morgan fingerprint density at radius 1 is 0.520 bits per heavy atom. The monoisotopic (exact) mass is 1170 g/mol. The topological polar surface area (TPSA) is 69.6 Å². The van der Waals surface area contributed by atoms with E-state index in [1.54, 1.807) is 0 Å². The predicted molar refractivity (Wildman–Crippen MR) is 311 cm³/mol. The first-order valence-corrected chi connectivity index (χ1v) is 26.3. The van der Waals surface area contributed by atoms with Crippen LogP contribution in [0, 0.1) is 12.1 Å². The van der Waals surface area contributed by atoms with E-state index in [-0.39, 0.29) is 53.6 Å². The summed E-state index contributed by atoms with van der Waals surface area (Å²) in [5.41, 5.74) is 19.4. The van der Waals surface area contributed by atoms with Gasteiger partial charge in [-0.2, -0.15) is 12.1 Å². The summed E-state index contributed by atoms with van der Waals surface area (Å²) in [6, 6.07) is 51.9. The SMILES string of the molecule is CC(C)(C)c1ccnc(-c2[c-]ccc(C(C)(C)C)n2)c1.CC(C)c1cc(-c2ccccc2)cc(C(C)C)c1-n1c(-c2[c-]ccc3c2oc2cc(-c4cc(C(C)(C)C)cc(C(C)(C)C)c4)ncc23)nc2ccccc21.[Ir]. The summed E-state index contributed by atoms with van der Waals surface area (Å²) in [5, 5.41) is 1.98. The zero-order valence-electron chi connectivity index (χ0n) is 46.9. The zero-order chi connectivity index (χ0) is 53.1. The number of rotatable bonds is 7. The van der Waals surface area contributed by atoms with E-state index in [2.05, 4.69) is 242 Å². The van der Waals surface area contributed by atoms with E-state index in [1.807, 2.05) is 30.6 Å². The Morgan fingerprint density at radius 3 is 1.75 bits per heavy atom. The molecule has 0 bridgehead atoms. The van der Waals surface area contributed by atoms with Crippen LogP contribution in [0.4, 0.5) is 0 Å². The number of hydrogen-bond acceptors (Lipinski definition) is 5. The van der Waals surface area contributed by atoms with E-state index in [0.717, 1.165) is 72.7 Å². The van der Waals surface area contributed by atoms with Gasteiger partial charge in [0.1, 0.15) is 5.58 Å². The number of pyridine rings is 3. The molecule has 6 nitrogen and oxygen atoms in total. The Morgan fingerprint density at radius 2 is 1.13 bits per heavy atom. The molecule has 5 heterocycles. The molecular formula is C68H73IrN5O-2. The molecule has 0 unspecified atom stereocenters. The maximum absolute atomic E-state index is 6.89. The minimum atomic E-state index is 0. The van der Waals surface area contributed by atoms with Gasteiger partial charge in [-0.15, -0.1) is 24.3 Å². The standard InChI is InChI=1S/C50H50N3O.C18H23N2.Ir/c1-30(2)39-25-33(32-17-12-11-13-18-32)26-40(31(3)4)46(39)53-44-22-15-14-21-42(44)52-48(53)38-20-16-19-37-41-29-51-43(28-45(41)54-47(37)38)34-23-35(49(5,6)7)27-36(24-34)50(8,9)10;1-17(2,3)13-10-11-19-15(12-13)14-8-7-9-16(20-14)18(4,5)6;/h11-19,21-31H,1-10H3;7,9-12H,1-6H3;/q2*-1;. The van der Waals surface area contributed by atoms with E-state index in [9.17, 15) is 0 Å². The van der Waals surface area contributed by atoms with E-state index in [1.165, 1.54) is 44.6 Å². The number of imidazole rings is 1. The molecule has 5 aromatic heterocycles. The van der Waals surface area contributed by atoms with Crippen molar-refractivity contribution in [2.45, 2.75) is 144 Å². The Kier molecular flexibility index (Phi) is 15.2. The van der Waals surface area contributed by atoms with Gasteiger partial charge in [0.15, 0.2) is 0 Å². The van der Waals surface area contributed by atoms with Crippen molar-refractivity contribution in [1.29, 1.82) is 0 Å². The molecule has 0 aliphatic rings. The summed E-state index contributed by atoms with van der Waals surface area (Å²) in [7, 11) is 0. The van der Waals surface area contributed by atoms with E-state index < -0.39 is 0 Å². The summed E-state index contributed by atoms with van der Waals surface area (Å²) >= 11 is 0. The molecular weight excluding hydrogens is 1090 g/mol. The molecule has 0 aliphatic heterocycles. The maximum Gasteiger partial charge on any atom is 0.124 e. The molecule has 10 rings (SSSR count). The molecule has 0 fully saturated rings. The van der Waals surface area contributed by atoms with Crippen LogP contribution in [-0.4, -0.2) is 24.5 Å². The third kappa shape index (κ3) is 11.4. The van der Waals surface area contributed by atoms with Crippen molar-refractivity contribution in [2.75, 3.05) is 0 Å². The molecule has 10 aromatic rings. The van der Waals surface area contributed by atoms with Crippen LogP contribution in [0.25, 0.3) is 83.8 Å². The van der Waals surface area contributed by atoms with Crippen LogP contribution in [0.5, 0.6) is 0 Å². The normalized spacial score (nSPS) is 12.4. The summed E-state index contributed by atoms with van der Waals surface area (Å²) in [5.74, 6) is 1.35. The second-order valence-corrected chi connectivity index (χ2v) is 24.8. The zero-order valence-corrected chi connectivity index (χ0v) is 49.3. The third-order valence-corrected chi connectivity index (χ3v) is 14.1. The van der Waals surface area contributed by atoms with E-state index >= 15 is 0 Å². The van der Waals surface area contributed by atoms with Gasteiger partial charge in [0, 0.05) is 55.2 Å². The van der Waals surface area contributed by atoms with Crippen LogP contribution in [0.1, 0.15) is 156 Å². The molecule has 75 heavy (non-hydrogen) atoms. The third-order valence-electron chi connectivity index (χ3n) is 14.1. The van der Waals surface area contributed by atoms with Crippen LogP contribution in [0.2, 0.25) is 0 Å². The number of furan rings is 1. The fourth-order valence-electron chi connectivity index (χ4n) is 9.60. The van der Waals surface area contributed by atoms with E-state index in [0.29, 0.717) is 0 Å². The van der Waals surface area contributed by atoms with Gasteiger partial charge in [-0.05, 0) is 126 Å². The smallest absolute Gasteiger partial charge is 0.124 e. The van der Waals surface area contributed by atoms with Crippen molar-refractivity contribution in [2.24, 2.45) is 0 Å². The average Bonchev–Trinajstić information content (AvgIpc) is 3.94. The Bertz CT molecular complexity index is 3550. The van der Waals surface area contributed by atoms with Gasteiger partial charge in [0.2, 0.25) is 0 Å². The Balaban J connectivity index is 0.000000299. The summed E-state index contributed by atoms with van der Waals surface area (Å²) < 4.78 is 9.25. The minimum absolute atomic E-state index is 0. The predicted octanol–water partition coefficient (Wildman–Crippen LogP) is 18.5. The molecule has 0 spiro atoms. The molecule has 0 aliphatic carbocycles. The molecule has 0 N–H and O–H groups in total. The fraction of sp³-hybridized carbons (Fsp3) is 0.324. The first-order chi connectivity index (χ1) is 34.9. The molecule has 5 aromatic carbocycles. The quantitative estimate of drug-likeness (QED) is 0.149. The Labute approximate surface area is 459 Å².